The number of hydrogen-bond donors (Lipinski definition) is 1. The van der Waals surface area contributed by atoms with Crippen molar-refractivity contribution in [2.75, 3.05) is 19.5 Å². The van der Waals surface area contributed by atoms with Gasteiger partial charge < -0.3 is 14.8 Å². The monoisotopic (exact) mass is 296 g/mol. The molecule has 0 atom stereocenters. The maximum Gasteiger partial charge on any atom is 0.228 e. The number of amides is 1. The van der Waals surface area contributed by atoms with Crippen molar-refractivity contribution in [3.05, 3.63) is 53.6 Å². The predicted octanol–water partition coefficient (Wildman–Crippen LogP) is 2.76. The molecule has 1 amide bonds. The van der Waals surface area contributed by atoms with E-state index >= 15 is 0 Å². The van der Waals surface area contributed by atoms with Gasteiger partial charge in [0.2, 0.25) is 5.91 Å². The maximum absolute atomic E-state index is 12.1. The van der Waals surface area contributed by atoms with Crippen LogP contribution in [-0.4, -0.2) is 20.1 Å². The standard InChI is InChI=1S/C17H16N2O3/c1-21-15-8-7-12(9-16(15)22-2)10-17(20)19-14-6-4-3-5-13(14)11-18/h3-9H,10H2,1-2H3,(H,19,20). The van der Waals surface area contributed by atoms with Gasteiger partial charge in [0, 0.05) is 0 Å². The van der Waals surface area contributed by atoms with Gasteiger partial charge in [-0.05, 0) is 29.8 Å². The molecule has 0 bridgehead atoms. The maximum atomic E-state index is 12.1. The van der Waals surface area contributed by atoms with Crippen molar-refractivity contribution in [3.8, 4) is 17.6 Å². The first kappa shape index (κ1) is 15.4. The zero-order valence-corrected chi connectivity index (χ0v) is 12.4. The molecule has 0 aliphatic heterocycles. The van der Waals surface area contributed by atoms with E-state index in [1.54, 1.807) is 56.7 Å². The van der Waals surface area contributed by atoms with Crippen molar-refractivity contribution in [2.24, 2.45) is 0 Å². The minimum absolute atomic E-state index is 0.181. The Hall–Kier alpha value is -3.00. The Morgan fingerprint density at radius 1 is 1.14 bits per heavy atom. The van der Waals surface area contributed by atoms with Crippen LogP contribution in [0.3, 0.4) is 0 Å². The molecule has 0 aliphatic carbocycles. The summed E-state index contributed by atoms with van der Waals surface area (Å²) in [5.41, 5.74) is 1.74. The normalized spacial score (nSPS) is 9.68. The van der Waals surface area contributed by atoms with Crippen LogP contribution in [0.1, 0.15) is 11.1 Å². The van der Waals surface area contributed by atoms with E-state index in [0.717, 1.165) is 5.56 Å². The summed E-state index contributed by atoms with van der Waals surface area (Å²) in [6.45, 7) is 0. The molecule has 2 aromatic carbocycles. The molecule has 0 spiro atoms. The number of nitrogens with one attached hydrogen (secondary N) is 1. The van der Waals surface area contributed by atoms with Crippen LogP contribution in [0.2, 0.25) is 0 Å². The van der Waals surface area contributed by atoms with E-state index in [-0.39, 0.29) is 12.3 Å². The van der Waals surface area contributed by atoms with Crippen LogP contribution < -0.4 is 14.8 Å². The van der Waals surface area contributed by atoms with E-state index in [1.807, 2.05) is 6.07 Å². The van der Waals surface area contributed by atoms with E-state index in [9.17, 15) is 4.79 Å². The smallest absolute Gasteiger partial charge is 0.228 e. The molecule has 0 saturated carbocycles. The fraction of sp³-hybridized carbons (Fsp3) is 0.176. The number of hydrogen-bond acceptors (Lipinski definition) is 4. The summed E-state index contributed by atoms with van der Waals surface area (Å²) >= 11 is 0. The highest BCUT2D eigenvalue weighted by Gasteiger charge is 2.10. The number of para-hydroxylation sites is 1. The van der Waals surface area contributed by atoms with Crippen LogP contribution >= 0.6 is 0 Å². The Morgan fingerprint density at radius 2 is 1.86 bits per heavy atom. The van der Waals surface area contributed by atoms with Crippen LogP contribution in [0.25, 0.3) is 0 Å². The SMILES string of the molecule is COc1ccc(CC(=O)Nc2ccccc2C#N)cc1OC. The molecule has 0 aromatic heterocycles. The van der Waals surface area contributed by atoms with Gasteiger partial charge in [-0.1, -0.05) is 18.2 Å². The Labute approximate surface area is 129 Å². The van der Waals surface area contributed by atoms with Gasteiger partial charge in [0.15, 0.2) is 11.5 Å². The van der Waals surface area contributed by atoms with Crippen molar-refractivity contribution in [3.63, 3.8) is 0 Å². The van der Waals surface area contributed by atoms with Crippen LogP contribution in [0.5, 0.6) is 11.5 Å². The Bertz CT molecular complexity index is 720. The van der Waals surface area contributed by atoms with Gasteiger partial charge in [0.05, 0.1) is 31.9 Å². The molecule has 112 valence electrons. The number of benzene rings is 2. The van der Waals surface area contributed by atoms with Crippen molar-refractivity contribution in [1.82, 2.24) is 0 Å². The van der Waals surface area contributed by atoms with Crippen molar-refractivity contribution in [1.29, 1.82) is 5.26 Å². The third-order valence-electron chi connectivity index (χ3n) is 3.13. The number of carbonyl (C=O) groups is 1. The molecule has 1 N–H and O–H groups in total. The third-order valence-corrected chi connectivity index (χ3v) is 3.13. The molecule has 0 heterocycles. The summed E-state index contributed by atoms with van der Waals surface area (Å²) in [4.78, 5) is 12.1. The molecule has 0 saturated heterocycles. The van der Waals surface area contributed by atoms with E-state index < -0.39 is 0 Å². The van der Waals surface area contributed by atoms with E-state index in [2.05, 4.69) is 5.32 Å². The van der Waals surface area contributed by atoms with Crippen molar-refractivity contribution >= 4 is 11.6 Å². The van der Waals surface area contributed by atoms with E-state index in [4.69, 9.17) is 14.7 Å². The molecule has 22 heavy (non-hydrogen) atoms. The summed E-state index contributed by atoms with van der Waals surface area (Å²) in [6.07, 6.45) is 0.181. The second-order valence-electron chi connectivity index (χ2n) is 4.57. The lowest BCUT2D eigenvalue weighted by Gasteiger charge is -2.10. The average molecular weight is 296 g/mol. The quantitative estimate of drug-likeness (QED) is 0.921. The number of anilines is 1. The Balaban J connectivity index is 2.11. The number of nitriles is 1. The lowest BCUT2D eigenvalue weighted by atomic mass is 10.1. The van der Waals surface area contributed by atoms with Gasteiger partial charge in [0.1, 0.15) is 6.07 Å². The van der Waals surface area contributed by atoms with Crippen molar-refractivity contribution in [2.45, 2.75) is 6.42 Å². The van der Waals surface area contributed by atoms with Crippen LogP contribution in [-0.2, 0) is 11.2 Å². The first-order chi connectivity index (χ1) is 10.7. The second kappa shape index (κ2) is 7.14. The van der Waals surface area contributed by atoms with Gasteiger partial charge in [-0.3, -0.25) is 4.79 Å². The van der Waals surface area contributed by atoms with Gasteiger partial charge in [0.25, 0.3) is 0 Å². The number of carbonyl (C=O) groups excluding carboxylic acids is 1. The number of nitrogens with zero attached hydrogens (tertiary/aromatic N) is 1. The highest BCUT2D eigenvalue weighted by Crippen LogP contribution is 2.27. The fourth-order valence-electron chi connectivity index (χ4n) is 2.06. The zero-order valence-electron chi connectivity index (χ0n) is 12.4. The number of methoxy groups -OCH3 is 2. The van der Waals surface area contributed by atoms with E-state index in [0.29, 0.717) is 22.7 Å². The molecule has 5 heteroatoms. The summed E-state index contributed by atoms with van der Waals surface area (Å²) < 4.78 is 10.4. The molecule has 0 fully saturated rings. The van der Waals surface area contributed by atoms with Crippen LogP contribution in [0.4, 0.5) is 5.69 Å². The number of rotatable bonds is 5. The lowest BCUT2D eigenvalue weighted by molar-refractivity contribution is -0.115. The summed E-state index contributed by atoms with van der Waals surface area (Å²) in [6, 6.07) is 14.2. The summed E-state index contributed by atoms with van der Waals surface area (Å²) in [5, 5.41) is 11.8. The first-order valence-electron chi connectivity index (χ1n) is 6.67. The van der Waals surface area contributed by atoms with Gasteiger partial charge in [-0.15, -0.1) is 0 Å². The molecule has 2 aromatic rings. The van der Waals surface area contributed by atoms with Crippen LogP contribution in [0, 0.1) is 11.3 Å². The lowest BCUT2D eigenvalue weighted by Crippen LogP contribution is -2.15. The summed E-state index contributed by atoms with van der Waals surface area (Å²) in [5.74, 6) is 0.988. The molecule has 0 unspecified atom stereocenters. The minimum atomic E-state index is -0.199. The van der Waals surface area contributed by atoms with E-state index in [1.165, 1.54) is 0 Å². The Morgan fingerprint density at radius 3 is 2.55 bits per heavy atom. The third kappa shape index (κ3) is 3.55. The Kier molecular flexibility index (Phi) is 4.99. The predicted molar refractivity (Wildman–Crippen MR) is 83.0 cm³/mol. The molecular formula is C17H16N2O3. The second-order valence-corrected chi connectivity index (χ2v) is 4.57. The average Bonchev–Trinajstić information content (AvgIpc) is 2.55. The molecular weight excluding hydrogens is 280 g/mol. The highest BCUT2D eigenvalue weighted by molar-refractivity contribution is 5.93. The van der Waals surface area contributed by atoms with Gasteiger partial charge in [-0.2, -0.15) is 5.26 Å². The molecule has 0 aliphatic rings. The first-order valence-corrected chi connectivity index (χ1v) is 6.67. The molecule has 0 radical (unpaired) electrons. The van der Waals surface area contributed by atoms with Gasteiger partial charge in [-0.25, -0.2) is 0 Å². The fourth-order valence-corrected chi connectivity index (χ4v) is 2.06. The van der Waals surface area contributed by atoms with Crippen molar-refractivity contribution < 1.29 is 14.3 Å². The highest BCUT2D eigenvalue weighted by atomic mass is 16.5. The largest absolute Gasteiger partial charge is 0.493 e. The zero-order chi connectivity index (χ0) is 15.9. The molecule has 2 rings (SSSR count). The van der Waals surface area contributed by atoms with Gasteiger partial charge >= 0.3 is 0 Å². The molecule has 5 nitrogen and oxygen atoms in total. The summed E-state index contributed by atoms with van der Waals surface area (Å²) in [7, 11) is 3.11. The topological polar surface area (TPSA) is 71.3 Å². The minimum Gasteiger partial charge on any atom is -0.493 e. The number of ether oxygens (including phenoxy) is 2. The van der Waals surface area contributed by atoms with Crippen LogP contribution in [0.15, 0.2) is 42.5 Å².